The summed E-state index contributed by atoms with van der Waals surface area (Å²) in [6.45, 7) is 3.45. The first-order valence-corrected chi connectivity index (χ1v) is 7.69. The van der Waals surface area contributed by atoms with Gasteiger partial charge in [-0.3, -0.25) is 9.52 Å². The highest BCUT2D eigenvalue weighted by Crippen LogP contribution is 2.25. The zero-order valence-corrected chi connectivity index (χ0v) is 12.7. The van der Waals surface area contributed by atoms with Gasteiger partial charge in [0.1, 0.15) is 0 Å². The Kier molecular flexibility index (Phi) is 3.99. The molecule has 0 aliphatic rings. The lowest BCUT2D eigenvalue weighted by Gasteiger charge is -2.14. The molecule has 112 valence electrons. The smallest absolute Gasteiger partial charge is 0.264 e. The Balaban J connectivity index is 2.44. The van der Waals surface area contributed by atoms with Gasteiger partial charge in [-0.2, -0.15) is 5.10 Å². The zero-order valence-electron chi connectivity index (χ0n) is 11.9. The van der Waals surface area contributed by atoms with Gasteiger partial charge >= 0.3 is 0 Å². The third-order valence-corrected chi connectivity index (χ3v) is 4.60. The van der Waals surface area contributed by atoms with Crippen LogP contribution in [0.4, 0.5) is 11.5 Å². The maximum atomic E-state index is 12.5. The first-order valence-electron chi connectivity index (χ1n) is 6.21. The van der Waals surface area contributed by atoms with E-state index >= 15 is 0 Å². The molecule has 1 aromatic carbocycles. The Morgan fingerprint density at radius 1 is 1.14 bits per heavy atom. The van der Waals surface area contributed by atoms with E-state index in [2.05, 4.69) is 20.2 Å². The van der Waals surface area contributed by atoms with Gasteiger partial charge in [0.2, 0.25) is 0 Å². The number of H-pyrrole nitrogens is 1. The van der Waals surface area contributed by atoms with Gasteiger partial charge in [-0.25, -0.2) is 13.5 Å². The number of aromatic amines is 1. The number of sulfonamides is 1. The average Bonchev–Trinajstić information content (AvgIpc) is 2.39. The van der Waals surface area contributed by atoms with Crippen molar-refractivity contribution >= 4 is 21.5 Å². The third kappa shape index (κ3) is 3.22. The number of benzene rings is 1. The van der Waals surface area contributed by atoms with Crippen molar-refractivity contribution in [1.82, 2.24) is 10.2 Å². The van der Waals surface area contributed by atoms with Crippen LogP contribution in [-0.2, 0) is 10.0 Å². The van der Waals surface area contributed by atoms with E-state index in [-0.39, 0.29) is 10.7 Å². The molecule has 1 heterocycles. The maximum absolute atomic E-state index is 12.5. The lowest BCUT2D eigenvalue weighted by Crippen LogP contribution is -2.18. The Morgan fingerprint density at radius 3 is 2.24 bits per heavy atom. The Hall–Kier alpha value is -2.35. The summed E-state index contributed by atoms with van der Waals surface area (Å²) < 4.78 is 27.3. The molecule has 1 aromatic heterocycles. The van der Waals surface area contributed by atoms with E-state index < -0.39 is 15.6 Å². The van der Waals surface area contributed by atoms with Crippen molar-refractivity contribution in [3.8, 4) is 0 Å². The number of hydrogen-bond donors (Lipinski definition) is 3. The summed E-state index contributed by atoms with van der Waals surface area (Å²) in [6, 6.07) is 6.02. The molecule has 0 atom stereocenters. The number of anilines is 2. The molecule has 0 fully saturated rings. The minimum Gasteiger partial charge on any atom is -0.388 e. The molecule has 0 aliphatic carbocycles. The molecule has 21 heavy (non-hydrogen) atoms. The molecular formula is C13H16N4O3S. The third-order valence-electron chi connectivity index (χ3n) is 2.94. The second kappa shape index (κ2) is 5.57. The van der Waals surface area contributed by atoms with Gasteiger partial charge in [0.25, 0.3) is 15.6 Å². The fourth-order valence-corrected chi connectivity index (χ4v) is 3.57. The molecule has 0 aliphatic heterocycles. The van der Waals surface area contributed by atoms with Crippen molar-refractivity contribution in [3.63, 3.8) is 0 Å². The standard InChI is InChI=1S/C13H16N4O3S/c1-8-6-10(14-3)7-9(2)13(8)21(19,20)17-11-4-5-12(18)16-15-11/h4-7,14H,1-3H3,(H,15,17)(H,16,18). The number of aromatic nitrogens is 2. The maximum Gasteiger partial charge on any atom is 0.264 e. The van der Waals surface area contributed by atoms with Crippen LogP contribution in [0.5, 0.6) is 0 Å². The molecule has 8 heteroatoms. The summed E-state index contributed by atoms with van der Waals surface area (Å²) in [5.41, 5.74) is 1.68. The SMILES string of the molecule is CNc1cc(C)c(S(=O)(=O)Nc2ccc(=O)[nH]n2)c(C)c1. The summed E-state index contributed by atoms with van der Waals surface area (Å²) >= 11 is 0. The molecule has 0 amide bonds. The van der Waals surface area contributed by atoms with Crippen LogP contribution in [-0.4, -0.2) is 25.7 Å². The van der Waals surface area contributed by atoms with Crippen molar-refractivity contribution in [2.24, 2.45) is 0 Å². The first kappa shape index (κ1) is 15.0. The van der Waals surface area contributed by atoms with Crippen LogP contribution in [0.25, 0.3) is 0 Å². The molecular weight excluding hydrogens is 292 g/mol. The fourth-order valence-electron chi connectivity index (χ4n) is 2.11. The molecule has 2 rings (SSSR count). The molecule has 0 radical (unpaired) electrons. The predicted octanol–water partition coefficient (Wildman–Crippen LogP) is 1.23. The highest BCUT2D eigenvalue weighted by atomic mass is 32.2. The largest absolute Gasteiger partial charge is 0.388 e. The number of rotatable bonds is 4. The van der Waals surface area contributed by atoms with E-state index in [1.807, 2.05) is 0 Å². The summed E-state index contributed by atoms with van der Waals surface area (Å²) in [5, 5.41) is 8.80. The molecule has 3 N–H and O–H groups in total. The number of nitrogens with one attached hydrogen (secondary N) is 3. The van der Waals surface area contributed by atoms with Crippen LogP contribution < -0.4 is 15.6 Å². The van der Waals surface area contributed by atoms with Crippen molar-refractivity contribution < 1.29 is 8.42 Å². The normalized spacial score (nSPS) is 11.2. The molecule has 0 bridgehead atoms. The topological polar surface area (TPSA) is 104 Å². The average molecular weight is 308 g/mol. The Bertz CT molecular complexity index is 784. The van der Waals surface area contributed by atoms with Crippen LogP contribution in [0, 0.1) is 13.8 Å². The van der Waals surface area contributed by atoms with E-state index in [1.54, 1.807) is 33.0 Å². The van der Waals surface area contributed by atoms with Gasteiger partial charge in [-0.05, 0) is 43.2 Å². The van der Waals surface area contributed by atoms with Gasteiger partial charge in [0, 0.05) is 18.8 Å². The van der Waals surface area contributed by atoms with Gasteiger partial charge in [0.15, 0.2) is 5.82 Å². The molecule has 7 nitrogen and oxygen atoms in total. The van der Waals surface area contributed by atoms with Crippen LogP contribution in [0.2, 0.25) is 0 Å². The summed E-state index contributed by atoms with van der Waals surface area (Å²) in [7, 11) is -2.01. The van der Waals surface area contributed by atoms with E-state index in [0.717, 1.165) is 5.69 Å². The fraction of sp³-hybridized carbons (Fsp3) is 0.231. The summed E-state index contributed by atoms with van der Waals surface area (Å²) in [4.78, 5) is 11.1. The predicted molar refractivity (Wildman–Crippen MR) is 81.1 cm³/mol. The quantitative estimate of drug-likeness (QED) is 0.788. The summed E-state index contributed by atoms with van der Waals surface area (Å²) in [5.74, 6) is 0.0612. The second-order valence-corrected chi connectivity index (χ2v) is 6.22. The number of hydrogen-bond acceptors (Lipinski definition) is 5. The van der Waals surface area contributed by atoms with E-state index in [1.165, 1.54) is 12.1 Å². The minimum atomic E-state index is -3.77. The van der Waals surface area contributed by atoms with Gasteiger partial charge in [-0.1, -0.05) is 0 Å². The van der Waals surface area contributed by atoms with E-state index in [0.29, 0.717) is 11.1 Å². The van der Waals surface area contributed by atoms with Crippen molar-refractivity contribution in [3.05, 3.63) is 45.7 Å². The first-order chi connectivity index (χ1) is 9.83. The molecule has 0 saturated heterocycles. The highest BCUT2D eigenvalue weighted by Gasteiger charge is 2.20. The van der Waals surface area contributed by atoms with Crippen molar-refractivity contribution in [2.45, 2.75) is 18.7 Å². The molecule has 0 saturated carbocycles. The number of aryl methyl sites for hydroxylation is 2. The summed E-state index contributed by atoms with van der Waals surface area (Å²) in [6.07, 6.45) is 0. The highest BCUT2D eigenvalue weighted by molar-refractivity contribution is 7.92. The van der Waals surface area contributed by atoms with E-state index in [9.17, 15) is 13.2 Å². The van der Waals surface area contributed by atoms with Gasteiger partial charge < -0.3 is 5.32 Å². The Morgan fingerprint density at radius 2 is 1.76 bits per heavy atom. The monoisotopic (exact) mass is 308 g/mol. The van der Waals surface area contributed by atoms with Crippen LogP contribution in [0.1, 0.15) is 11.1 Å². The van der Waals surface area contributed by atoms with Crippen LogP contribution >= 0.6 is 0 Å². The molecule has 2 aromatic rings. The lowest BCUT2D eigenvalue weighted by atomic mass is 10.1. The van der Waals surface area contributed by atoms with Gasteiger partial charge in [-0.15, -0.1) is 0 Å². The van der Waals surface area contributed by atoms with Gasteiger partial charge in [0.05, 0.1) is 4.90 Å². The van der Waals surface area contributed by atoms with Crippen molar-refractivity contribution in [2.75, 3.05) is 17.1 Å². The van der Waals surface area contributed by atoms with Crippen LogP contribution in [0.15, 0.2) is 34.0 Å². The molecule has 0 spiro atoms. The zero-order chi connectivity index (χ0) is 15.6. The Labute approximate surface area is 122 Å². The minimum absolute atomic E-state index is 0.0612. The second-order valence-electron chi connectivity index (χ2n) is 4.60. The number of nitrogens with zero attached hydrogens (tertiary/aromatic N) is 1. The molecule has 0 unspecified atom stereocenters. The van der Waals surface area contributed by atoms with E-state index in [4.69, 9.17) is 0 Å². The van der Waals surface area contributed by atoms with Crippen LogP contribution in [0.3, 0.4) is 0 Å². The van der Waals surface area contributed by atoms with Crippen molar-refractivity contribution in [1.29, 1.82) is 0 Å². The lowest BCUT2D eigenvalue weighted by molar-refractivity contribution is 0.599.